The summed E-state index contributed by atoms with van der Waals surface area (Å²) >= 11 is 0. The number of likely N-dealkylation sites (N-methyl/N-ethyl adjacent to an activating group) is 1. The summed E-state index contributed by atoms with van der Waals surface area (Å²) in [5, 5.41) is 8.57. The lowest BCUT2D eigenvalue weighted by atomic mass is 9.96. The Morgan fingerprint density at radius 2 is 2.07 bits per heavy atom. The quantitative estimate of drug-likeness (QED) is 0.804. The van der Waals surface area contributed by atoms with Crippen LogP contribution in [0.15, 0.2) is 16.9 Å². The van der Waals surface area contributed by atoms with Gasteiger partial charge in [-0.25, -0.2) is 4.79 Å². The third kappa shape index (κ3) is 2.76. The zero-order valence-electron chi connectivity index (χ0n) is 16.0. The number of likely N-dealkylation sites (tertiary alicyclic amines) is 1. The van der Waals surface area contributed by atoms with E-state index in [9.17, 15) is 9.59 Å². The Morgan fingerprint density at radius 1 is 1.21 bits per heavy atom. The highest BCUT2D eigenvalue weighted by molar-refractivity contribution is 5.94. The number of nitrogens with zero attached hydrogens (tertiary/aromatic N) is 6. The molecule has 1 aliphatic carbocycles. The van der Waals surface area contributed by atoms with Gasteiger partial charge in [0.15, 0.2) is 0 Å². The first-order valence-corrected chi connectivity index (χ1v) is 9.95. The average Bonchev–Trinajstić information content (AvgIpc) is 3.48. The third-order valence-electron chi connectivity index (χ3n) is 6.09. The molecule has 9 heteroatoms. The van der Waals surface area contributed by atoms with Gasteiger partial charge in [-0.1, -0.05) is 5.16 Å². The molecule has 2 fully saturated rings. The molecule has 0 N–H and O–H groups in total. The number of urea groups is 1. The number of rotatable bonds is 3. The number of carbonyl (C=O) groups excluding carboxylic acids is 2. The van der Waals surface area contributed by atoms with Gasteiger partial charge >= 0.3 is 6.03 Å². The molecule has 2 aliphatic heterocycles. The van der Waals surface area contributed by atoms with Crippen molar-refractivity contribution in [1.29, 1.82) is 0 Å². The van der Waals surface area contributed by atoms with Gasteiger partial charge in [-0.3, -0.25) is 14.4 Å². The van der Waals surface area contributed by atoms with Gasteiger partial charge in [-0.05, 0) is 32.1 Å². The van der Waals surface area contributed by atoms with E-state index in [0.29, 0.717) is 25.4 Å². The van der Waals surface area contributed by atoms with Gasteiger partial charge in [0.05, 0.1) is 23.6 Å². The molecule has 1 atom stereocenters. The largest absolute Gasteiger partial charge is 0.350 e. The molecule has 9 nitrogen and oxygen atoms in total. The Labute approximate surface area is 162 Å². The fraction of sp³-hybridized carbons (Fsp3) is 0.579. The predicted octanol–water partition coefficient (Wildman–Crippen LogP) is 1.71. The first kappa shape index (κ1) is 17.3. The topological polar surface area (TPSA) is 87.7 Å². The maximum Gasteiger partial charge on any atom is 0.324 e. The van der Waals surface area contributed by atoms with Gasteiger partial charge in [0, 0.05) is 45.0 Å². The third-order valence-corrected chi connectivity index (χ3v) is 6.09. The van der Waals surface area contributed by atoms with Gasteiger partial charge in [-0.2, -0.15) is 5.10 Å². The molecular weight excluding hydrogens is 360 g/mol. The molecule has 2 saturated heterocycles. The standard InChI is InChI=1S/C19H24N6O3/c1-22-8-9-24(19(22)27)14-10-20-25(12-14)13-6-7-23(11-13)18(26)17-15-4-2-3-5-16(15)21-28-17/h10,12-13H,2-9,11H2,1H3. The van der Waals surface area contributed by atoms with E-state index in [4.69, 9.17) is 4.52 Å². The molecule has 3 amide bonds. The van der Waals surface area contributed by atoms with Gasteiger partial charge in [0.1, 0.15) is 0 Å². The molecule has 28 heavy (non-hydrogen) atoms. The Hall–Kier alpha value is -2.84. The van der Waals surface area contributed by atoms with Crippen molar-refractivity contribution in [1.82, 2.24) is 24.7 Å². The number of hydrogen-bond acceptors (Lipinski definition) is 5. The lowest BCUT2D eigenvalue weighted by Crippen LogP contribution is -2.30. The highest BCUT2D eigenvalue weighted by atomic mass is 16.5. The zero-order chi connectivity index (χ0) is 19.3. The number of carbonyl (C=O) groups is 2. The van der Waals surface area contributed by atoms with Crippen LogP contribution in [0, 0.1) is 0 Å². The highest BCUT2D eigenvalue weighted by Crippen LogP contribution is 2.29. The highest BCUT2D eigenvalue weighted by Gasteiger charge is 2.34. The minimum absolute atomic E-state index is 0.00197. The van der Waals surface area contributed by atoms with Crippen LogP contribution in [0.1, 0.15) is 47.1 Å². The Bertz CT molecular complexity index is 919. The Morgan fingerprint density at radius 3 is 2.89 bits per heavy atom. The molecule has 148 valence electrons. The van der Waals surface area contributed by atoms with Crippen molar-refractivity contribution in [2.45, 2.75) is 38.1 Å². The molecule has 0 aromatic carbocycles. The molecule has 5 rings (SSSR count). The summed E-state index contributed by atoms with van der Waals surface area (Å²) in [6.45, 7) is 2.65. The Kier molecular flexibility index (Phi) is 4.10. The fourth-order valence-electron chi connectivity index (χ4n) is 4.40. The van der Waals surface area contributed by atoms with Crippen LogP contribution < -0.4 is 4.90 Å². The zero-order valence-corrected chi connectivity index (χ0v) is 16.0. The van der Waals surface area contributed by atoms with E-state index < -0.39 is 0 Å². The van der Waals surface area contributed by atoms with E-state index in [1.54, 1.807) is 23.0 Å². The van der Waals surface area contributed by atoms with Crippen LogP contribution in [0.3, 0.4) is 0 Å². The van der Waals surface area contributed by atoms with Gasteiger partial charge in [0.25, 0.3) is 5.91 Å². The molecular formula is C19H24N6O3. The molecule has 2 aromatic heterocycles. The van der Waals surface area contributed by atoms with Crippen molar-refractivity contribution in [3.05, 3.63) is 29.4 Å². The van der Waals surface area contributed by atoms with Crippen molar-refractivity contribution < 1.29 is 14.1 Å². The minimum Gasteiger partial charge on any atom is -0.350 e. The molecule has 0 radical (unpaired) electrons. The van der Waals surface area contributed by atoms with Crippen LogP contribution in [0.4, 0.5) is 10.5 Å². The van der Waals surface area contributed by atoms with Crippen LogP contribution in [-0.4, -0.2) is 69.9 Å². The van der Waals surface area contributed by atoms with Crippen LogP contribution in [0.2, 0.25) is 0 Å². The second kappa shape index (κ2) is 6.65. The summed E-state index contributed by atoms with van der Waals surface area (Å²) in [6, 6.07) is 0.102. The second-order valence-corrected chi connectivity index (χ2v) is 7.87. The summed E-state index contributed by atoms with van der Waals surface area (Å²) in [5.41, 5.74) is 2.75. The monoisotopic (exact) mass is 384 g/mol. The molecule has 0 saturated carbocycles. The number of aryl methyl sites for hydroxylation is 1. The van der Waals surface area contributed by atoms with Crippen molar-refractivity contribution in [3.8, 4) is 0 Å². The summed E-state index contributed by atoms with van der Waals surface area (Å²) in [4.78, 5) is 30.4. The van der Waals surface area contributed by atoms with Crippen molar-refractivity contribution in [2.24, 2.45) is 0 Å². The van der Waals surface area contributed by atoms with E-state index in [1.165, 1.54) is 0 Å². The van der Waals surface area contributed by atoms with E-state index in [0.717, 1.165) is 55.6 Å². The van der Waals surface area contributed by atoms with Crippen LogP contribution in [-0.2, 0) is 12.8 Å². The summed E-state index contributed by atoms with van der Waals surface area (Å²) in [5.74, 6) is 0.351. The van der Waals surface area contributed by atoms with E-state index in [-0.39, 0.29) is 18.0 Å². The minimum atomic E-state index is -0.0677. The molecule has 0 bridgehead atoms. The predicted molar refractivity (Wildman–Crippen MR) is 100 cm³/mol. The second-order valence-electron chi connectivity index (χ2n) is 7.87. The van der Waals surface area contributed by atoms with E-state index in [1.807, 2.05) is 15.8 Å². The van der Waals surface area contributed by atoms with Gasteiger partial charge in [-0.15, -0.1) is 0 Å². The normalized spacial score (nSPS) is 22.2. The van der Waals surface area contributed by atoms with Crippen LogP contribution >= 0.6 is 0 Å². The van der Waals surface area contributed by atoms with Crippen molar-refractivity contribution >= 4 is 17.6 Å². The maximum absolute atomic E-state index is 13.0. The first-order chi connectivity index (χ1) is 13.6. The first-order valence-electron chi connectivity index (χ1n) is 9.95. The van der Waals surface area contributed by atoms with E-state index in [2.05, 4.69) is 10.3 Å². The maximum atomic E-state index is 13.0. The number of hydrogen-bond donors (Lipinski definition) is 0. The summed E-state index contributed by atoms with van der Waals surface area (Å²) in [7, 11) is 1.80. The number of amides is 3. The SMILES string of the molecule is CN1CCN(c2cnn(C3CCN(C(=O)c4onc5c4CCCC5)C3)c2)C1=O. The lowest BCUT2D eigenvalue weighted by Gasteiger charge is -2.17. The Balaban J connectivity index is 1.28. The number of aromatic nitrogens is 3. The smallest absolute Gasteiger partial charge is 0.324 e. The molecule has 3 aliphatic rings. The van der Waals surface area contributed by atoms with E-state index >= 15 is 0 Å². The molecule has 1 unspecified atom stereocenters. The molecule has 0 spiro atoms. The van der Waals surface area contributed by atoms with Crippen molar-refractivity contribution in [2.75, 3.05) is 38.1 Å². The van der Waals surface area contributed by atoms with Gasteiger partial charge < -0.3 is 14.3 Å². The van der Waals surface area contributed by atoms with Crippen LogP contribution in [0.25, 0.3) is 0 Å². The molecule has 4 heterocycles. The van der Waals surface area contributed by atoms with Gasteiger partial charge in [0.2, 0.25) is 5.76 Å². The number of anilines is 1. The molecule has 2 aromatic rings. The average molecular weight is 384 g/mol. The fourth-order valence-corrected chi connectivity index (χ4v) is 4.40. The lowest BCUT2D eigenvalue weighted by molar-refractivity contribution is 0.0744. The number of fused-ring (bicyclic) bond motifs is 1. The summed E-state index contributed by atoms with van der Waals surface area (Å²) in [6.07, 6.45) is 8.43. The summed E-state index contributed by atoms with van der Waals surface area (Å²) < 4.78 is 7.29. The van der Waals surface area contributed by atoms with Crippen LogP contribution in [0.5, 0.6) is 0 Å². The van der Waals surface area contributed by atoms with Crippen molar-refractivity contribution in [3.63, 3.8) is 0 Å².